The molecule has 0 radical (unpaired) electrons. The molecule has 1 aromatic heterocycles. The Bertz CT molecular complexity index is 568. The number of hydrogen-bond acceptors (Lipinski definition) is 4. The zero-order chi connectivity index (χ0) is 12.5. The molecule has 0 saturated carbocycles. The molecule has 9 heteroatoms. The van der Waals surface area contributed by atoms with Gasteiger partial charge in [0.15, 0.2) is 0 Å². The van der Waals surface area contributed by atoms with Gasteiger partial charge >= 0.3 is 0 Å². The Hall–Kier alpha value is -1.30. The van der Waals surface area contributed by atoms with Crippen molar-refractivity contribution in [1.82, 2.24) is 4.98 Å². The van der Waals surface area contributed by atoms with Crippen LogP contribution < -0.4 is 5.14 Å². The molecule has 1 rings (SSSR count). The molecule has 0 unspecified atom stereocenters. The Kier molecular flexibility index (Phi) is 3.42. The molecule has 0 aliphatic rings. The Morgan fingerprint density at radius 3 is 2.50 bits per heavy atom. The van der Waals surface area contributed by atoms with Gasteiger partial charge in [-0.15, -0.1) is 0 Å². The van der Waals surface area contributed by atoms with Crippen molar-refractivity contribution < 1.29 is 17.2 Å². The summed E-state index contributed by atoms with van der Waals surface area (Å²) in [5, 5.41) is 12.9. The average molecular weight is 268 g/mol. The summed E-state index contributed by atoms with van der Waals surface area (Å²) in [4.78, 5) is 2.37. The minimum absolute atomic E-state index is 0.469. The van der Waals surface area contributed by atoms with Crippen LogP contribution in [0.15, 0.2) is 11.1 Å². The highest BCUT2D eigenvalue weighted by Gasteiger charge is 2.26. The summed E-state index contributed by atoms with van der Waals surface area (Å²) in [6.07, 6.45) is -2.38. The Morgan fingerprint density at radius 2 is 2.12 bits per heavy atom. The van der Waals surface area contributed by atoms with Gasteiger partial charge in [0.25, 0.3) is 6.43 Å². The summed E-state index contributed by atoms with van der Waals surface area (Å²) in [7, 11) is -4.36. The van der Waals surface area contributed by atoms with Gasteiger partial charge in [-0.2, -0.15) is 5.26 Å². The van der Waals surface area contributed by atoms with Gasteiger partial charge in [0, 0.05) is 6.20 Å². The second kappa shape index (κ2) is 4.29. The molecular weight excluding hydrogens is 264 g/mol. The van der Waals surface area contributed by atoms with Crippen molar-refractivity contribution in [3.63, 3.8) is 0 Å². The van der Waals surface area contributed by atoms with Gasteiger partial charge in [0.05, 0.1) is 5.02 Å². The number of nitrogens with zero attached hydrogens (tertiary/aromatic N) is 2. The minimum Gasteiger partial charge on any atom is -0.252 e. The standard InChI is InChI=1S/C7H4ClF2N3O2S/c8-4-2-13-5(7(9)10)3(1-11)6(4)16(12,14)15/h2,7H,(H2,12,14,15). The van der Waals surface area contributed by atoms with Crippen molar-refractivity contribution in [2.45, 2.75) is 11.3 Å². The third-order valence-corrected chi connectivity index (χ3v) is 3.01. The summed E-state index contributed by atoms with van der Waals surface area (Å²) in [6, 6.07) is 1.31. The van der Waals surface area contributed by atoms with Crippen LogP contribution in [-0.2, 0) is 10.0 Å². The van der Waals surface area contributed by atoms with E-state index in [0.717, 1.165) is 0 Å². The molecule has 0 atom stereocenters. The molecule has 0 bridgehead atoms. The van der Waals surface area contributed by atoms with E-state index in [0.29, 0.717) is 6.20 Å². The predicted molar refractivity (Wildman–Crippen MR) is 50.3 cm³/mol. The number of aromatic nitrogens is 1. The monoisotopic (exact) mass is 267 g/mol. The fourth-order valence-corrected chi connectivity index (χ4v) is 2.26. The number of nitrogens with two attached hydrogens (primary N) is 1. The first kappa shape index (κ1) is 12.8. The van der Waals surface area contributed by atoms with Crippen LogP contribution in [0.5, 0.6) is 0 Å². The van der Waals surface area contributed by atoms with Gasteiger partial charge in [0.1, 0.15) is 22.2 Å². The maximum Gasteiger partial charge on any atom is 0.281 e. The quantitative estimate of drug-likeness (QED) is 0.870. The molecule has 0 amide bonds. The molecule has 1 aromatic rings. The SMILES string of the molecule is N#Cc1c(C(F)F)ncc(Cl)c1S(N)(=O)=O. The van der Waals surface area contributed by atoms with E-state index >= 15 is 0 Å². The molecule has 5 nitrogen and oxygen atoms in total. The third kappa shape index (κ3) is 2.27. The predicted octanol–water partition coefficient (Wildman–Crippen LogP) is 1.19. The lowest BCUT2D eigenvalue weighted by molar-refractivity contribution is 0.145. The summed E-state index contributed by atoms with van der Waals surface area (Å²) < 4.78 is 47.0. The molecule has 0 spiro atoms. The molecule has 2 N–H and O–H groups in total. The second-order valence-electron chi connectivity index (χ2n) is 2.65. The highest BCUT2D eigenvalue weighted by atomic mass is 35.5. The van der Waals surface area contributed by atoms with Crippen molar-refractivity contribution >= 4 is 21.6 Å². The Labute approximate surface area is 94.5 Å². The fourth-order valence-electron chi connectivity index (χ4n) is 1.04. The lowest BCUT2D eigenvalue weighted by Crippen LogP contribution is -2.16. The highest BCUT2D eigenvalue weighted by molar-refractivity contribution is 7.89. The molecule has 86 valence electrons. The first-order valence-electron chi connectivity index (χ1n) is 3.68. The molecule has 0 aromatic carbocycles. The van der Waals surface area contributed by atoms with Crippen molar-refractivity contribution in [1.29, 1.82) is 5.26 Å². The van der Waals surface area contributed by atoms with Crippen LogP contribution in [-0.4, -0.2) is 13.4 Å². The van der Waals surface area contributed by atoms with E-state index in [1.54, 1.807) is 0 Å². The van der Waals surface area contributed by atoms with E-state index in [9.17, 15) is 17.2 Å². The summed E-state index contributed by atoms with van der Waals surface area (Å²) >= 11 is 5.45. The van der Waals surface area contributed by atoms with Crippen LogP contribution in [0.1, 0.15) is 17.7 Å². The minimum atomic E-state index is -4.36. The number of sulfonamides is 1. The molecule has 16 heavy (non-hydrogen) atoms. The van der Waals surface area contributed by atoms with Crippen molar-refractivity contribution in [3.8, 4) is 6.07 Å². The van der Waals surface area contributed by atoms with E-state index in [2.05, 4.69) is 4.98 Å². The molecule has 0 fully saturated rings. The molecule has 0 aliphatic heterocycles. The van der Waals surface area contributed by atoms with Crippen molar-refractivity contribution in [2.24, 2.45) is 5.14 Å². The van der Waals surface area contributed by atoms with E-state index in [4.69, 9.17) is 22.0 Å². The van der Waals surface area contributed by atoms with Gasteiger partial charge in [-0.25, -0.2) is 22.3 Å². The van der Waals surface area contributed by atoms with E-state index in [1.165, 1.54) is 6.07 Å². The number of pyridine rings is 1. The number of nitriles is 1. The first-order chi connectivity index (χ1) is 7.29. The topological polar surface area (TPSA) is 96.8 Å². The Balaban J connectivity index is 3.74. The number of alkyl halides is 2. The van der Waals surface area contributed by atoms with Gasteiger partial charge in [0.2, 0.25) is 10.0 Å². The van der Waals surface area contributed by atoms with Crippen molar-refractivity contribution in [2.75, 3.05) is 0 Å². The number of rotatable bonds is 2. The van der Waals surface area contributed by atoms with Gasteiger partial charge in [-0.3, -0.25) is 4.98 Å². The van der Waals surface area contributed by atoms with Crippen molar-refractivity contribution in [3.05, 3.63) is 22.5 Å². The van der Waals surface area contributed by atoms with Gasteiger partial charge < -0.3 is 0 Å². The molecule has 0 saturated heterocycles. The number of hydrogen-bond donors (Lipinski definition) is 1. The summed E-state index contributed by atoms with van der Waals surface area (Å²) in [5.74, 6) is 0. The maximum atomic E-state index is 12.4. The number of halogens is 3. The third-order valence-electron chi connectivity index (χ3n) is 1.62. The second-order valence-corrected chi connectivity index (χ2v) is 4.56. The smallest absolute Gasteiger partial charge is 0.252 e. The van der Waals surface area contributed by atoms with Crippen LogP contribution in [0.2, 0.25) is 5.02 Å². The molecule has 0 aliphatic carbocycles. The highest BCUT2D eigenvalue weighted by Crippen LogP contribution is 2.29. The van der Waals surface area contributed by atoms with Crippen LogP contribution in [0.3, 0.4) is 0 Å². The fraction of sp³-hybridized carbons (Fsp3) is 0.143. The van der Waals surface area contributed by atoms with Crippen LogP contribution in [0.25, 0.3) is 0 Å². The summed E-state index contributed by atoms with van der Waals surface area (Å²) in [5.41, 5.74) is -1.79. The zero-order valence-electron chi connectivity index (χ0n) is 7.49. The zero-order valence-corrected chi connectivity index (χ0v) is 9.06. The summed E-state index contributed by atoms with van der Waals surface area (Å²) in [6.45, 7) is 0. The van der Waals surface area contributed by atoms with E-state index in [1.807, 2.05) is 0 Å². The molecule has 1 heterocycles. The number of primary sulfonamides is 1. The lowest BCUT2D eigenvalue weighted by atomic mass is 10.2. The first-order valence-corrected chi connectivity index (χ1v) is 5.61. The van der Waals surface area contributed by atoms with Gasteiger partial charge in [-0.05, 0) is 0 Å². The average Bonchev–Trinajstić information content (AvgIpc) is 2.14. The van der Waals surface area contributed by atoms with Gasteiger partial charge in [-0.1, -0.05) is 11.6 Å². The maximum absolute atomic E-state index is 12.4. The van der Waals surface area contributed by atoms with E-state index in [-0.39, 0.29) is 0 Å². The van der Waals surface area contributed by atoms with Crippen LogP contribution in [0.4, 0.5) is 8.78 Å². The lowest BCUT2D eigenvalue weighted by Gasteiger charge is -2.07. The largest absolute Gasteiger partial charge is 0.281 e. The molecular formula is C7H4ClF2N3O2S. The Morgan fingerprint density at radius 1 is 1.56 bits per heavy atom. The van der Waals surface area contributed by atoms with Crippen LogP contribution >= 0.6 is 11.6 Å². The van der Waals surface area contributed by atoms with E-state index < -0.39 is 37.6 Å². The normalized spacial score (nSPS) is 11.5. The van der Waals surface area contributed by atoms with Crippen LogP contribution in [0, 0.1) is 11.3 Å².